The van der Waals surface area contributed by atoms with Crippen LogP contribution in [-0.4, -0.2) is 43.5 Å². The molecule has 0 aliphatic carbocycles. The van der Waals surface area contributed by atoms with E-state index in [4.69, 9.17) is 19.9 Å². The molecule has 0 spiro atoms. The van der Waals surface area contributed by atoms with E-state index in [1.807, 2.05) is 20.8 Å². The summed E-state index contributed by atoms with van der Waals surface area (Å²) in [6.45, 7) is 14.2. The number of rotatable bonds is 6. The van der Waals surface area contributed by atoms with E-state index < -0.39 is 12.1 Å². The summed E-state index contributed by atoms with van der Waals surface area (Å²) in [6, 6.07) is -0.580. The van der Waals surface area contributed by atoms with Crippen LogP contribution in [0.25, 0.3) is 0 Å². The van der Waals surface area contributed by atoms with E-state index in [-0.39, 0.29) is 18.2 Å². The number of carbonyl (C=O) groups is 1. The van der Waals surface area contributed by atoms with Crippen LogP contribution in [-0.2, 0) is 19.0 Å². The predicted octanol–water partition coefficient (Wildman–Crippen LogP) is 2.35. The van der Waals surface area contributed by atoms with Crippen LogP contribution >= 0.6 is 0 Å². The van der Waals surface area contributed by atoms with E-state index in [1.54, 1.807) is 0 Å². The Hall–Kier alpha value is -1.17. The standard InChI is InChI=1S/C17H29NO4/c1-11(2)9-20-15-8-6-7-14(18)17(19)22-13(5)16(15)21-10-12(3)4/h13-16H,1,3,6-10,18H2,2,4-5H3/t13-,14-,15-,16-/m0/s1. The van der Waals surface area contributed by atoms with Gasteiger partial charge in [-0.15, -0.1) is 0 Å². The minimum atomic E-state index is -0.580. The molecule has 22 heavy (non-hydrogen) atoms. The zero-order chi connectivity index (χ0) is 16.7. The minimum Gasteiger partial charge on any atom is -0.459 e. The summed E-state index contributed by atoms with van der Waals surface area (Å²) in [5.41, 5.74) is 7.69. The van der Waals surface area contributed by atoms with Crippen molar-refractivity contribution >= 4 is 5.97 Å². The molecule has 0 aromatic heterocycles. The zero-order valence-corrected chi connectivity index (χ0v) is 14.0. The highest BCUT2D eigenvalue weighted by atomic mass is 16.6. The number of esters is 1. The Morgan fingerprint density at radius 3 is 2.41 bits per heavy atom. The smallest absolute Gasteiger partial charge is 0.323 e. The van der Waals surface area contributed by atoms with Gasteiger partial charge < -0.3 is 19.9 Å². The van der Waals surface area contributed by atoms with Crippen molar-refractivity contribution in [3.63, 3.8) is 0 Å². The molecule has 1 aliphatic heterocycles. The summed E-state index contributed by atoms with van der Waals surface area (Å²) in [5, 5.41) is 0. The molecule has 0 saturated carbocycles. The van der Waals surface area contributed by atoms with Crippen LogP contribution in [0.1, 0.15) is 40.0 Å². The molecule has 5 nitrogen and oxygen atoms in total. The Morgan fingerprint density at radius 2 is 1.82 bits per heavy atom. The van der Waals surface area contributed by atoms with Crippen molar-refractivity contribution < 1.29 is 19.0 Å². The lowest BCUT2D eigenvalue weighted by Gasteiger charge is -2.31. The quantitative estimate of drug-likeness (QED) is 0.602. The molecule has 0 bridgehead atoms. The van der Waals surface area contributed by atoms with E-state index >= 15 is 0 Å². The summed E-state index contributed by atoms with van der Waals surface area (Å²) in [4.78, 5) is 11.9. The Kier molecular flexibility index (Phi) is 7.79. The molecule has 1 heterocycles. The van der Waals surface area contributed by atoms with Gasteiger partial charge in [0.25, 0.3) is 0 Å². The summed E-state index contributed by atoms with van der Waals surface area (Å²) < 4.78 is 17.3. The summed E-state index contributed by atoms with van der Waals surface area (Å²) >= 11 is 0. The van der Waals surface area contributed by atoms with Crippen molar-refractivity contribution in [3.8, 4) is 0 Å². The van der Waals surface area contributed by atoms with E-state index in [0.29, 0.717) is 19.6 Å². The molecule has 0 amide bonds. The number of hydrogen-bond acceptors (Lipinski definition) is 5. The molecule has 1 fully saturated rings. The normalized spacial score (nSPS) is 29.9. The molecule has 1 saturated heterocycles. The highest BCUT2D eigenvalue weighted by molar-refractivity contribution is 5.75. The largest absolute Gasteiger partial charge is 0.459 e. The summed E-state index contributed by atoms with van der Waals surface area (Å²) in [5.74, 6) is -0.378. The SMILES string of the molecule is C=C(C)CO[C@H]1[C@H](C)OC(=O)[C@@H](N)CCC[C@@H]1OCC(=C)C. The molecular formula is C17H29NO4. The fraction of sp³-hybridized carbons (Fsp3) is 0.706. The maximum absolute atomic E-state index is 11.9. The highest BCUT2D eigenvalue weighted by Crippen LogP contribution is 2.22. The monoisotopic (exact) mass is 311 g/mol. The number of ether oxygens (including phenoxy) is 3. The van der Waals surface area contributed by atoms with Gasteiger partial charge in [0.05, 0.1) is 19.3 Å². The maximum Gasteiger partial charge on any atom is 0.323 e. The molecular weight excluding hydrogens is 282 g/mol. The fourth-order valence-corrected chi connectivity index (χ4v) is 2.37. The zero-order valence-electron chi connectivity index (χ0n) is 14.0. The van der Waals surface area contributed by atoms with Crippen molar-refractivity contribution in [2.24, 2.45) is 5.73 Å². The summed E-state index contributed by atoms with van der Waals surface area (Å²) in [7, 11) is 0. The topological polar surface area (TPSA) is 70.8 Å². The summed E-state index contributed by atoms with van der Waals surface area (Å²) in [6.07, 6.45) is 1.21. The van der Waals surface area contributed by atoms with E-state index in [9.17, 15) is 4.79 Å². The van der Waals surface area contributed by atoms with Gasteiger partial charge in [-0.2, -0.15) is 0 Å². The van der Waals surface area contributed by atoms with Gasteiger partial charge in [-0.1, -0.05) is 24.3 Å². The molecule has 126 valence electrons. The number of nitrogens with two attached hydrogens (primary N) is 1. The molecule has 2 N–H and O–H groups in total. The van der Waals surface area contributed by atoms with Crippen LogP contribution in [0.5, 0.6) is 0 Å². The van der Waals surface area contributed by atoms with Gasteiger partial charge in [-0.3, -0.25) is 4.79 Å². The van der Waals surface area contributed by atoms with Crippen LogP contribution in [0, 0.1) is 0 Å². The third kappa shape index (κ3) is 6.30. The van der Waals surface area contributed by atoms with Crippen molar-refractivity contribution in [3.05, 3.63) is 24.3 Å². The Morgan fingerprint density at radius 1 is 1.23 bits per heavy atom. The lowest BCUT2D eigenvalue weighted by molar-refractivity contribution is -0.165. The van der Waals surface area contributed by atoms with Crippen LogP contribution in [0.2, 0.25) is 0 Å². The van der Waals surface area contributed by atoms with Gasteiger partial charge in [-0.25, -0.2) is 0 Å². The Labute approximate surface area is 133 Å². The van der Waals surface area contributed by atoms with Gasteiger partial charge in [-0.05, 0) is 40.0 Å². The fourth-order valence-electron chi connectivity index (χ4n) is 2.37. The van der Waals surface area contributed by atoms with Crippen LogP contribution in [0.3, 0.4) is 0 Å². The first kappa shape index (κ1) is 18.9. The van der Waals surface area contributed by atoms with Gasteiger partial charge in [0, 0.05) is 0 Å². The first-order chi connectivity index (χ1) is 10.3. The maximum atomic E-state index is 11.9. The molecule has 1 rings (SSSR count). The molecule has 4 atom stereocenters. The molecule has 0 radical (unpaired) electrons. The number of cyclic esters (lactones) is 1. The highest BCUT2D eigenvalue weighted by Gasteiger charge is 2.34. The average molecular weight is 311 g/mol. The third-order valence-electron chi connectivity index (χ3n) is 3.50. The number of hydrogen-bond donors (Lipinski definition) is 1. The van der Waals surface area contributed by atoms with Crippen molar-refractivity contribution in [2.75, 3.05) is 13.2 Å². The van der Waals surface area contributed by atoms with Gasteiger partial charge in [0.2, 0.25) is 0 Å². The second-order valence-corrected chi connectivity index (χ2v) is 6.22. The van der Waals surface area contributed by atoms with Crippen molar-refractivity contribution in [1.29, 1.82) is 0 Å². The molecule has 0 aromatic rings. The van der Waals surface area contributed by atoms with Crippen molar-refractivity contribution in [2.45, 2.75) is 64.4 Å². The second kappa shape index (κ2) is 9.08. The van der Waals surface area contributed by atoms with Crippen molar-refractivity contribution in [1.82, 2.24) is 0 Å². The molecule has 5 heteroatoms. The van der Waals surface area contributed by atoms with E-state index in [1.165, 1.54) is 0 Å². The van der Waals surface area contributed by atoms with Gasteiger partial charge in [0.1, 0.15) is 18.2 Å². The predicted molar refractivity (Wildman–Crippen MR) is 86.5 cm³/mol. The second-order valence-electron chi connectivity index (χ2n) is 6.22. The van der Waals surface area contributed by atoms with Crippen LogP contribution in [0.15, 0.2) is 24.3 Å². The average Bonchev–Trinajstić information content (AvgIpc) is 2.46. The molecule has 0 unspecified atom stereocenters. The first-order valence-corrected chi connectivity index (χ1v) is 7.79. The minimum absolute atomic E-state index is 0.163. The number of carbonyl (C=O) groups excluding carboxylic acids is 1. The molecule has 0 aromatic carbocycles. The van der Waals surface area contributed by atoms with Gasteiger partial charge in [0.15, 0.2) is 0 Å². The van der Waals surface area contributed by atoms with Crippen LogP contribution < -0.4 is 5.73 Å². The van der Waals surface area contributed by atoms with E-state index in [0.717, 1.165) is 24.0 Å². The lowest BCUT2D eigenvalue weighted by Crippen LogP contribution is -2.43. The Bertz CT molecular complexity index is 407. The molecule has 1 aliphatic rings. The first-order valence-electron chi connectivity index (χ1n) is 7.79. The van der Waals surface area contributed by atoms with E-state index in [2.05, 4.69) is 13.2 Å². The van der Waals surface area contributed by atoms with Crippen LogP contribution in [0.4, 0.5) is 0 Å². The lowest BCUT2D eigenvalue weighted by atomic mass is 10.0. The third-order valence-corrected chi connectivity index (χ3v) is 3.50. The van der Waals surface area contributed by atoms with Gasteiger partial charge >= 0.3 is 5.97 Å². The Balaban J connectivity index is 2.85.